The maximum atomic E-state index is 12.5. The second-order valence-electron chi connectivity index (χ2n) is 7.86. The summed E-state index contributed by atoms with van der Waals surface area (Å²) in [7, 11) is 0. The first-order valence-corrected chi connectivity index (χ1v) is 10.9. The molecule has 0 saturated heterocycles. The lowest BCUT2D eigenvalue weighted by atomic mass is 10.0. The number of benzene rings is 3. The average Bonchev–Trinajstić information content (AvgIpc) is 2.77. The molecule has 0 amide bonds. The van der Waals surface area contributed by atoms with Gasteiger partial charge >= 0.3 is 5.97 Å². The Morgan fingerprint density at radius 1 is 0.844 bits per heavy atom. The van der Waals surface area contributed by atoms with Crippen molar-refractivity contribution in [3.63, 3.8) is 0 Å². The molecule has 0 saturated carbocycles. The molecule has 6 heteroatoms. The molecule has 168 valence electrons. The van der Waals surface area contributed by atoms with Crippen LogP contribution in [0.15, 0.2) is 48.5 Å². The lowest BCUT2D eigenvalue weighted by Crippen LogP contribution is -2.04. The number of aromatic carboxylic acids is 1. The van der Waals surface area contributed by atoms with E-state index in [4.69, 9.17) is 9.84 Å². The van der Waals surface area contributed by atoms with Crippen LogP contribution in [0.3, 0.4) is 0 Å². The number of carbonyl (C=O) groups is 2. The summed E-state index contributed by atoms with van der Waals surface area (Å²) in [5.74, 6) is -0.576. The number of Topliss-reactive ketones (excluding diaryl/α,β-unsaturated/α-hetero) is 1. The molecule has 3 aromatic carbocycles. The van der Waals surface area contributed by atoms with Crippen LogP contribution in [-0.4, -0.2) is 33.7 Å². The first-order chi connectivity index (χ1) is 15.4. The second kappa shape index (κ2) is 10.7. The van der Waals surface area contributed by atoms with E-state index in [9.17, 15) is 19.8 Å². The van der Waals surface area contributed by atoms with E-state index < -0.39 is 5.97 Å². The summed E-state index contributed by atoms with van der Waals surface area (Å²) in [6, 6.07) is 13.1. The highest BCUT2D eigenvalue weighted by Gasteiger charge is 2.10. The first-order valence-electron chi connectivity index (χ1n) is 10.9. The monoisotopic (exact) mass is 436 g/mol. The van der Waals surface area contributed by atoms with Crippen molar-refractivity contribution in [1.29, 1.82) is 0 Å². The average molecular weight is 437 g/mol. The Balaban J connectivity index is 1.47. The fourth-order valence-electron chi connectivity index (χ4n) is 3.66. The van der Waals surface area contributed by atoms with Gasteiger partial charge in [-0.05, 0) is 78.4 Å². The van der Waals surface area contributed by atoms with Crippen LogP contribution >= 0.6 is 0 Å². The molecule has 3 rings (SSSR count). The second-order valence-corrected chi connectivity index (χ2v) is 7.86. The van der Waals surface area contributed by atoms with Gasteiger partial charge in [-0.1, -0.05) is 25.5 Å². The van der Waals surface area contributed by atoms with Crippen molar-refractivity contribution in [2.75, 3.05) is 6.61 Å². The van der Waals surface area contributed by atoms with E-state index in [1.54, 1.807) is 36.4 Å². The third-order valence-electron chi connectivity index (χ3n) is 5.39. The molecule has 0 spiro atoms. The highest BCUT2D eigenvalue weighted by Crippen LogP contribution is 2.31. The molecule has 3 N–H and O–H groups in total. The predicted octanol–water partition coefficient (Wildman–Crippen LogP) is 5.72. The van der Waals surface area contributed by atoms with Crippen molar-refractivity contribution < 1.29 is 29.6 Å². The maximum Gasteiger partial charge on any atom is 0.335 e. The van der Waals surface area contributed by atoms with Crippen LogP contribution in [0.4, 0.5) is 0 Å². The summed E-state index contributed by atoms with van der Waals surface area (Å²) in [6.07, 6.45) is 4.45. The lowest BCUT2D eigenvalue weighted by Gasteiger charge is -2.12. The Labute approximate surface area is 187 Å². The molecule has 0 unspecified atom stereocenters. The Kier molecular flexibility index (Phi) is 7.71. The number of aryl methyl sites for hydroxylation is 1. The predicted molar refractivity (Wildman–Crippen MR) is 123 cm³/mol. The standard InChI is InChI=1S/C26H28O6/c1-2-6-19-14-20(26(30)31)10-11-25(19)32-12-5-3-4-7-22(27)18-9-8-17-15-23(28)24(29)16-21(17)13-18/h8-11,13-16,28-29H,2-7,12H2,1H3,(H,30,31). The Morgan fingerprint density at radius 3 is 2.28 bits per heavy atom. The summed E-state index contributed by atoms with van der Waals surface area (Å²) in [5, 5.41) is 29.9. The van der Waals surface area contributed by atoms with Crippen LogP contribution in [0.25, 0.3) is 10.8 Å². The summed E-state index contributed by atoms with van der Waals surface area (Å²) in [6.45, 7) is 2.55. The van der Waals surface area contributed by atoms with Crippen LogP contribution in [0.2, 0.25) is 0 Å². The molecular formula is C26H28O6. The van der Waals surface area contributed by atoms with Gasteiger partial charge < -0.3 is 20.1 Å². The molecule has 0 aliphatic rings. The molecule has 0 radical (unpaired) electrons. The normalized spacial score (nSPS) is 10.9. The summed E-state index contributed by atoms with van der Waals surface area (Å²) < 4.78 is 5.86. The molecule has 0 heterocycles. The number of phenolic OH excluding ortho intramolecular Hbond substituents is 2. The highest BCUT2D eigenvalue weighted by atomic mass is 16.5. The topological polar surface area (TPSA) is 104 Å². The number of carbonyl (C=O) groups excluding carboxylic acids is 1. The van der Waals surface area contributed by atoms with Crippen molar-refractivity contribution in [3.05, 3.63) is 65.2 Å². The Hall–Kier alpha value is -3.54. The molecule has 0 aromatic heterocycles. The van der Waals surface area contributed by atoms with Gasteiger partial charge in [0.2, 0.25) is 0 Å². The summed E-state index contributed by atoms with van der Waals surface area (Å²) >= 11 is 0. The third kappa shape index (κ3) is 5.78. The van der Waals surface area contributed by atoms with Gasteiger partial charge in [-0.15, -0.1) is 0 Å². The van der Waals surface area contributed by atoms with Crippen molar-refractivity contribution in [2.45, 2.75) is 45.4 Å². The summed E-state index contributed by atoms with van der Waals surface area (Å²) in [5.41, 5.74) is 1.75. The van der Waals surface area contributed by atoms with Gasteiger partial charge in [-0.3, -0.25) is 4.79 Å². The van der Waals surface area contributed by atoms with Gasteiger partial charge in [0.05, 0.1) is 12.2 Å². The number of hydrogen-bond donors (Lipinski definition) is 3. The Bertz CT molecular complexity index is 1120. The maximum absolute atomic E-state index is 12.5. The van der Waals surface area contributed by atoms with Gasteiger partial charge in [0.15, 0.2) is 17.3 Å². The van der Waals surface area contributed by atoms with Crippen molar-refractivity contribution in [1.82, 2.24) is 0 Å². The molecule has 0 atom stereocenters. The number of carboxylic acids is 1. The van der Waals surface area contributed by atoms with Crippen LogP contribution < -0.4 is 4.74 Å². The largest absolute Gasteiger partial charge is 0.504 e. The van der Waals surface area contributed by atoms with E-state index in [1.807, 2.05) is 6.92 Å². The van der Waals surface area contributed by atoms with Gasteiger partial charge in [0, 0.05) is 12.0 Å². The van der Waals surface area contributed by atoms with Gasteiger partial charge in [0.25, 0.3) is 0 Å². The zero-order valence-corrected chi connectivity index (χ0v) is 18.1. The van der Waals surface area contributed by atoms with Crippen LogP contribution in [0, 0.1) is 0 Å². The van der Waals surface area contributed by atoms with Crippen molar-refractivity contribution >= 4 is 22.5 Å². The van der Waals surface area contributed by atoms with Crippen LogP contribution in [0.5, 0.6) is 17.2 Å². The molecule has 0 aliphatic carbocycles. The summed E-state index contributed by atoms with van der Waals surface area (Å²) in [4.78, 5) is 23.7. The molecule has 0 bridgehead atoms. The lowest BCUT2D eigenvalue weighted by molar-refractivity contribution is 0.0696. The van der Waals surface area contributed by atoms with Gasteiger partial charge in [-0.25, -0.2) is 4.79 Å². The molecule has 0 fully saturated rings. The smallest absolute Gasteiger partial charge is 0.335 e. The fourth-order valence-corrected chi connectivity index (χ4v) is 3.66. The molecule has 32 heavy (non-hydrogen) atoms. The van der Waals surface area contributed by atoms with E-state index in [1.165, 1.54) is 12.1 Å². The third-order valence-corrected chi connectivity index (χ3v) is 5.39. The van der Waals surface area contributed by atoms with E-state index >= 15 is 0 Å². The van der Waals surface area contributed by atoms with Gasteiger partial charge in [0.1, 0.15) is 5.75 Å². The van der Waals surface area contributed by atoms with E-state index in [2.05, 4.69) is 0 Å². The zero-order chi connectivity index (χ0) is 23.1. The highest BCUT2D eigenvalue weighted by molar-refractivity contribution is 6.00. The van der Waals surface area contributed by atoms with E-state index in [0.717, 1.165) is 48.8 Å². The minimum atomic E-state index is -0.945. The quantitative estimate of drug-likeness (QED) is 0.202. The Morgan fingerprint density at radius 2 is 1.56 bits per heavy atom. The zero-order valence-electron chi connectivity index (χ0n) is 18.1. The number of phenols is 2. The van der Waals surface area contributed by atoms with E-state index in [0.29, 0.717) is 24.0 Å². The molecular weight excluding hydrogens is 408 g/mol. The fraction of sp³-hybridized carbons (Fsp3) is 0.308. The van der Waals surface area contributed by atoms with Crippen molar-refractivity contribution in [3.8, 4) is 17.2 Å². The SMILES string of the molecule is CCCc1cc(C(=O)O)ccc1OCCCCCC(=O)c1ccc2cc(O)c(O)cc2c1. The van der Waals surface area contributed by atoms with E-state index in [-0.39, 0.29) is 22.8 Å². The number of carboxylic acid groups (broad SMARTS) is 1. The minimum absolute atomic E-state index is 0.0369. The molecule has 0 aliphatic heterocycles. The van der Waals surface area contributed by atoms with Crippen LogP contribution in [0.1, 0.15) is 65.3 Å². The van der Waals surface area contributed by atoms with Gasteiger partial charge in [-0.2, -0.15) is 0 Å². The number of fused-ring (bicyclic) bond motifs is 1. The number of aromatic hydroxyl groups is 2. The van der Waals surface area contributed by atoms with Crippen molar-refractivity contribution in [2.24, 2.45) is 0 Å². The number of unbranched alkanes of at least 4 members (excludes halogenated alkanes) is 2. The first kappa shape index (κ1) is 23.1. The minimum Gasteiger partial charge on any atom is -0.504 e. The molecule has 3 aromatic rings. The van der Waals surface area contributed by atoms with Crippen LogP contribution in [-0.2, 0) is 6.42 Å². The number of ether oxygens (including phenoxy) is 1. The molecule has 6 nitrogen and oxygen atoms in total. The number of ketones is 1. The number of rotatable bonds is 11. The number of hydrogen-bond acceptors (Lipinski definition) is 5.